The predicted octanol–water partition coefficient (Wildman–Crippen LogP) is 2.31. The number of nitrogens with one attached hydrogen (secondary N) is 1. The van der Waals surface area contributed by atoms with Crippen LogP contribution < -0.4 is 5.32 Å². The summed E-state index contributed by atoms with van der Waals surface area (Å²) in [5.41, 5.74) is -0.266. The summed E-state index contributed by atoms with van der Waals surface area (Å²) in [5.74, 6) is 2.37. The number of aliphatic hydroxyl groups is 1. The molecule has 0 spiro atoms. The van der Waals surface area contributed by atoms with Crippen LogP contribution in [0.5, 0.6) is 0 Å². The highest BCUT2D eigenvalue weighted by Gasteiger charge is 2.56. The zero-order valence-electron chi connectivity index (χ0n) is 10.8. The second-order valence-electron chi connectivity index (χ2n) is 7.58. The largest absolute Gasteiger partial charge is 0.388 e. The van der Waals surface area contributed by atoms with Gasteiger partial charge in [0.15, 0.2) is 0 Å². The van der Waals surface area contributed by atoms with Crippen molar-refractivity contribution in [1.29, 1.82) is 0 Å². The molecule has 0 saturated heterocycles. The molecule has 0 aromatic rings. The van der Waals surface area contributed by atoms with Crippen molar-refractivity contribution < 1.29 is 5.11 Å². The summed E-state index contributed by atoms with van der Waals surface area (Å²) in [6, 6.07) is 0.347. The fraction of sp³-hybridized carbons (Fsp3) is 1.00. The molecule has 0 heterocycles. The molecular formula is C14H25NO. The summed E-state index contributed by atoms with van der Waals surface area (Å²) in [6.45, 7) is 6.63. The molecule has 4 bridgehead atoms. The zero-order chi connectivity index (χ0) is 11.6. The smallest absolute Gasteiger partial charge is 0.0808 e. The lowest BCUT2D eigenvalue weighted by atomic mass is 9.52. The van der Waals surface area contributed by atoms with Gasteiger partial charge in [0.2, 0.25) is 0 Å². The SMILES string of the molecule is CC(C)(C)NC1C2CC3CC(C2)CC1(O)C3. The molecule has 0 aromatic carbocycles. The van der Waals surface area contributed by atoms with Gasteiger partial charge in [-0.05, 0) is 70.6 Å². The maximum absolute atomic E-state index is 10.9. The molecular weight excluding hydrogens is 198 g/mol. The summed E-state index contributed by atoms with van der Waals surface area (Å²) in [6.07, 6.45) is 6.20. The molecule has 2 nitrogen and oxygen atoms in total. The van der Waals surface area contributed by atoms with Crippen LogP contribution in [0.15, 0.2) is 0 Å². The van der Waals surface area contributed by atoms with E-state index in [4.69, 9.17) is 0 Å². The molecule has 0 aromatic heterocycles. The highest BCUT2D eigenvalue weighted by molar-refractivity contribution is 5.11. The maximum Gasteiger partial charge on any atom is 0.0808 e. The average Bonchev–Trinajstić information content (AvgIpc) is 2.08. The van der Waals surface area contributed by atoms with Gasteiger partial charge in [-0.3, -0.25) is 0 Å². The van der Waals surface area contributed by atoms with E-state index in [-0.39, 0.29) is 11.1 Å². The summed E-state index contributed by atoms with van der Waals surface area (Å²) < 4.78 is 0. The van der Waals surface area contributed by atoms with Crippen LogP contribution >= 0.6 is 0 Å². The van der Waals surface area contributed by atoms with Crippen LogP contribution in [0.2, 0.25) is 0 Å². The Labute approximate surface area is 98.8 Å². The van der Waals surface area contributed by atoms with Crippen LogP contribution in [0.4, 0.5) is 0 Å². The quantitative estimate of drug-likeness (QED) is 0.715. The van der Waals surface area contributed by atoms with Gasteiger partial charge in [-0.15, -0.1) is 0 Å². The molecule has 4 rings (SSSR count). The number of rotatable bonds is 1. The molecule has 4 saturated carbocycles. The minimum atomic E-state index is -0.387. The van der Waals surface area contributed by atoms with Crippen molar-refractivity contribution in [2.75, 3.05) is 0 Å². The first-order valence-electron chi connectivity index (χ1n) is 6.86. The molecule has 2 heteroatoms. The number of hydrogen-bond donors (Lipinski definition) is 2. The van der Waals surface area contributed by atoms with Gasteiger partial charge in [0, 0.05) is 11.6 Å². The van der Waals surface area contributed by atoms with Gasteiger partial charge in [-0.2, -0.15) is 0 Å². The third-order valence-electron chi connectivity index (χ3n) is 4.86. The Bertz CT molecular complexity index is 280. The van der Waals surface area contributed by atoms with Crippen molar-refractivity contribution in [2.45, 2.75) is 70.1 Å². The van der Waals surface area contributed by atoms with Crippen LogP contribution in [0, 0.1) is 17.8 Å². The van der Waals surface area contributed by atoms with Gasteiger partial charge in [0.25, 0.3) is 0 Å². The second-order valence-corrected chi connectivity index (χ2v) is 7.58. The first-order valence-corrected chi connectivity index (χ1v) is 6.86. The summed E-state index contributed by atoms with van der Waals surface area (Å²) in [7, 11) is 0. The van der Waals surface area contributed by atoms with E-state index >= 15 is 0 Å². The van der Waals surface area contributed by atoms with E-state index in [1.54, 1.807) is 0 Å². The monoisotopic (exact) mass is 223 g/mol. The molecule has 3 atom stereocenters. The third kappa shape index (κ3) is 1.70. The van der Waals surface area contributed by atoms with Crippen LogP contribution in [0.1, 0.15) is 52.9 Å². The van der Waals surface area contributed by atoms with Crippen LogP contribution in [-0.4, -0.2) is 22.3 Å². The van der Waals surface area contributed by atoms with Crippen LogP contribution in [-0.2, 0) is 0 Å². The maximum atomic E-state index is 10.9. The van der Waals surface area contributed by atoms with Crippen molar-refractivity contribution in [3.63, 3.8) is 0 Å². The Morgan fingerprint density at radius 2 is 1.62 bits per heavy atom. The minimum absolute atomic E-state index is 0.121. The second kappa shape index (κ2) is 3.23. The van der Waals surface area contributed by atoms with E-state index in [0.29, 0.717) is 6.04 Å². The van der Waals surface area contributed by atoms with Gasteiger partial charge in [-0.1, -0.05) is 0 Å². The number of hydrogen-bond acceptors (Lipinski definition) is 2. The van der Waals surface area contributed by atoms with E-state index in [1.165, 1.54) is 19.3 Å². The molecule has 0 amide bonds. The standard InChI is InChI=1S/C14H25NO/c1-13(2,3)15-12-11-5-9-4-10(6-11)8-14(12,16)7-9/h9-12,15-16H,4-8H2,1-3H3. The van der Waals surface area contributed by atoms with E-state index in [9.17, 15) is 5.11 Å². The fourth-order valence-electron chi connectivity index (χ4n) is 4.72. The van der Waals surface area contributed by atoms with Crippen molar-refractivity contribution in [1.82, 2.24) is 5.32 Å². The Hall–Kier alpha value is -0.0800. The molecule has 92 valence electrons. The molecule has 4 aliphatic carbocycles. The Balaban J connectivity index is 1.83. The minimum Gasteiger partial charge on any atom is -0.388 e. The van der Waals surface area contributed by atoms with Crippen molar-refractivity contribution in [2.24, 2.45) is 17.8 Å². The van der Waals surface area contributed by atoms with Gasteiger partial charge in [0.05, 0.1) is 5.60 Å². The highest BCUT2D eigenvalue weighted by atomic mass is 16.3. The Morgan fingerprint density at radius 1 is 1.06 bits per heavy atom. The topological polar surface area (TPSA) is 32.3 Å². The van der Waals surface area contributed by atoms with Gasteiger partial charge in [0.1, 0.15) is 0 Å². The highest BCUT2D eigenvalue weighted by Crippen LogP contribution is 2.55. The average molecular weight is 223 g/mol. The first kappa shape index (κ1) is 11.0. The zero-order valence-corrected chi connectivity index (χ0v) is 10.8. The van der Waals surface area contributed by atoms with Gasteiger partial charge in [-0.25, -0.2) is 0 Å². The summed E-state index contributed by atoms with van der Waals surface area (Å²) in [4.78, 5) is 0. The van der Waals surface area contributed by atoms with Crippen LogP contribution in [0.25, 0.3) is 0 Å². The fourth-order valence-corrected chi connectivity index (χ4v) is 4.72. The van der Waals surface area contributed by atoms with E-state index in [0.717, 1.165) is 30.6 Å². The Kier molecular flexibility index (Phi) is 2.23. The summed E-state index contributed by atoms with van der Waals surface area (Å²) >= 11 is 0. The van der Waals surface area contributed by atoms with Gasteiger partial charge < -0.3 is 10.4 Å². The van der Waals surface area contributed by atoms with Crippen molar-refractivity contribution in [3.8, 4) is 0 Å². The molecule has 0 aliphatic heterocycles. The molecule has 3 unspecified atom stereocenters. The normalized spacial score (nSPS) is 51.0. The van der Waals surface area contributed by atoms with Crippen molar-refractivity contribution >= 4 is 0 Å². The lowest BCUT2D eigenvalue weighted by Crippen LogP contribution is -2.67. The first-order chi connectivity index (χ1) is 7.36. The lowest BCUT2D eigenvalue weighted by molar-refractivity contribution is -0.154. The van der Waals surface area contributed by atoms with E-state index < -0.39 is 0 Å². The molecule has 16 heavy (non-hydrogen) atoms. The predicted molar refractivity (Wildman–Crippen MR) is 65.2 cm³/mol. The van der Waals surface area contributed by atoms with E-state index in [2.05, 4.69) is 26.1 Å². The lowest BCUT2D eigenvalue weighted by Gasteiger charge is -2.60. The van der Waals surface area contributed by atoms with E-state index in [1.807, 2.05) is 0 Å². The summed E-state index contributed by atoms with van der Waals surface area (Å²) in [5, 5.41) is 14.6. The Morgan fingerprint density at radius 3 is 2.06 bits per heavy atom. The third-order valence-corrected chi connectivity index (χ3v) is 4.86. The molecule has 2 N–H and O–H groups in total. The van der Waals surface area contributed by atoms with Crippen LogP contribution in [0.3, 0.4) is 0 Å². The molecule has 4 aliphatic rings. The van der Waals surface area contributed by atoms with Gasteiger partial charge >= 0.3 is 0 Å². The van der Waals surface area contributed by atoms with Crippen molar-refractivity contribution in [3.05, 3.63) is 0 Å². The molecule has 4 fully saturated rings. The molecule has 0 radical (unpaired) electrons.